The summed E-state index contributed by atoms with van der Waals surface area (Å²) < 4.78 is 8.99. The standard InChI is InChI=1S/C4H7NO4/c6-4(7)9-3-1-5-2-8-3/h3,5H,1-2H2,(H,6,7). The van der Waals surface area contributed by atoms with Gasteiger partial charge in [0.2, 0.25) is 6.29 Å². The number of hydrogen-bond donors (Lipinski definition) is 2. The lowest BCUT2D eigenvalue weighted by molar-refractivity contribution is -0.0775. The lowest BCUT2D eigenvalue weighted by Crippen LogP contribution is -2.20. The van der Waals surface area contributed by atoms with Crippen LogP contribution in [0.1, 0.15) is 0 Å². The molecule has 0 amide bonds. The Bertz CT molecular complexity index is 109. The van der Waals surface area contributed by atoms with Crippen molar-refractivity contribution in [2.45, 2.75) is 6.29 Å². The Labute approximate surface area is 51.6 Å². The number of rotatable bonds is 1. The van der Waals surface area contributed by atoms with E-state index in [9.17, 15) is 4.79 Å². The first-order chi connectivity index (χ1) is 4.29. The van der Waals surface area contributed by atoms with E-state index in [1.807, 2.05) is 0 Å². The smallest absolute Gasteiger partial charge is 0.450 e. The lowest BCUT2D eigenvalue weighted by Gasteiger charge is -2.04. The van der Waals surface area contributed by atoms with E-state index in [0.717, 1.165) is 0 Å². The topological polar surface area (TPSA) is 67.8 Å². The monoisotopic (exact) mass is 133 g/mol. The molecule has 52 valence electrons. The van der Waals surface area contributed by atoms with E-state index in [2.05, 4.69) is 10.1 Å². The van der Waals surface area contributed by atoms with Crippen molar-refractivity contribution in [2.75, 3.05) is 13.3 Å². The normalized spacial score (nSPS) is 26.0. The van der Waals surface area contributed by atoms with Crippen molar-refractivity contribution in [3.8, 4) is 0 Å². The second-order valence-corrected chi connectivity index (χ2v) is 1.58. The fourth-order valence-electron chi connectivity index (χ4n) is 0.576. The quantitative estimate of drug-likeness (QED) is 0.476. The molecule has 5 nitrogen and oxygen atoms in total. The zero-order valence-electron chi connectivity index (χ0n) is 4.66. The van der Waals surface area contributed by atoms with Crippen LogP contribution in [0.5, 0.6) is 0 Å². The fourth-order valence-corrected chi connectivity index (χ4v) is 0.576. The van der Waals surface area contributed by atoms with Crippen molar-refractivity contribution >= 4 is 6.16 Å². The maximum absolute atomic E-state index is 9.83. The van der Waals surface area contributed by atoms with Gasteiger partial charge in [0.05, 0.1) is 6.54 Å². The van der Waals surface area contributed by atoms with E-state index in [1.165, 1.54) is 0 Å². The number of carboxylic acid groups (broad SMARTS) is 1. The molecule has 1 aliphatic heterocycles. The van der Waals surface area contributed by atoms with Crippen molar-refractivity contribution in [3.63, 3.8) is 0 Å². The summed E-state index contributed by atoms with van der Waals surface area (Å²) in [5, 5.41) is 10.8. The van der Waals surface area contributed by atoms with E-state index in [0.29, 0.717) is 13.3 Å². The molecule has 1 fully saturated rings. The molecule has 2 N–H and O–H groups in total. The van der Waals surface area contributed by atoms with Gasteiger partial charge in [0, 0.05) is 0 Å². The second kappa shape index (κ2) is 2.65. The van der Waals surface area contributed by atoms with Crippen molar-refractivity contribution in [3.05, 3.63) is 0 Å². The number of carbonyl (C=O) groups is 1. The minimum Gasteiger partial charge on any atom is -0.450 e. The summed E-state index contributed by atoms with van der Waals surface area (Å²) in [6.45, 7) is 0.796. The molecule has 0 aliphatic carbocycles. The van der Waals surface area contributed by atoms with Crippen LogP contribution in [0.2, 0.25) is 0 Å². The average molecular weight is 133 g/mol. The van der Waals surface area contributed by atoms with E-state index >= 15 is 0 Å². The molecule has 0 aromatic heterocycles. The highest BCUT2D eigenvalue weighted by Gasteiger charge is 2.17. The Kier molecular flexibility index (Phi) is 1.86. The number of ether oxygens (including phenoxy) is 2. The van der Waals surface area contributed by atoms with Gasteiger partial charge in [0.1, 0.15) is 6.73 Å². The Morgan fingerprint density at radius 3 is 3.11 bits per heavy atom. The Morgan fingerprint density at radius 2 is 2.67 bits per heavy atom. The second-order valence-electron chi connectivity index (χ2n) is 1.58. The van der Waals surface area contributed by atoms with Crippen molar-refractivity contribution in [2.24, 2.45) is 0 Å². The first-order valence-electron chi connectivity index (χ1n) is 2.51. The molecule has 1 atom stereocenters. The van der Waals surface area contributed by atoms with Gasteiger partial charge in [-0.2, -0.15) is 0 Å². The van der Waals surface area contributed by atoms with Gasteiger partial charge in [0.15, 0.2) is 0 Å². The third kappa shape index (κ3) is 1.87. The molecule has 1 unspecified atom stereocenters. The Hall–Kier alpha value is -0.810. The van der Waals surface area contributed by atoms with Crippen LogP contribution in [-0.4, -0.2) is 30.8 Å². The molecule has 5 heteroatoms. The lowest BCUT2D eigenvalue weighted by atomic mass is 10.6. The van der Waals surface area contributed by atoms with Crippen LogP contribution in [0.3, 0.4) is 0 Å². The number of nitrogens with one attached hydrogen (secondary N) is 1. The predicted molar refractivity (Wildman–Crippen MR) is 26.9 cm³/mol. The minimum atomic E-state index is -1.30. The van der Waals surface area contributed by atoms with Gasteiger partial charge >= 0.3 is 6.16 Å². The number of hydrogen-bond acceptors (Lipinski definition) is 4. The van der Waals surface area contributed by atoms with Gasteiger partial charge in [-0.25, -0.2) is 4.79 Å². The van der Waals surface area contributed by atoms with Crippen molar-refractivity contribution in [1.82, 2.24) is 5.32 Å². The highest BCUT2D eigenvalue weighted by molar-refractivity contribution is 5.56. The summed E-state index contributed by atoms with van der Waals surface area (Å²) in [4.78, 5) is 9.83. The van der Waals surface area contributed by atoms with Gasteiger partial charge in [-0.1, -0.05) is 0 Å². The maximum Gasteiger partial charge on any atom is 0.508 e. The molecule has 0 saturated carbocycles. The highest BCUT2D eigenvalue weighted by atomic mass is 16.8. The summed E-state index contributed by atoms with van der Waals surface area (Å²) >= 11 is 0. The van der Waals surface area contributed by atoms with Crippen LogP contribution < -0.4 is 5.32 Å². The first kappa shape index (κ1) is 6.31. The molecule has 0 spiro atoms. The van der Waals surface area contributed by atoms with Crippen molar-refractivity contribution in [1.29, 1.82) is 0 Å². The zero-order valence-corrected chi connectivity index (χ0v) is 4.66. The molecule has 0 radical (unpaired) electrons. The Morgan fingerprint density at radius 1 is 1.89 bits per heavy atom. The van der Waals surface area contributed by atoms with E-state index in [4.69, 9.17) is 9.84 Å². The van der Waals surface area contributed by atoms with Crippen LogP contribution in [0.25, 0.3) is 0 Å². The summed E-state index contributed by atoms with van der Waals surface area (Å²) in [5.74, 6) is 0. The van der Waals surface area contributed by atoms with Crippen molar-refractivity contribution < 1.29 is 19.4 Å². The largest absolute Gasteiger partial charge is 0.508 e. The highest BCUT2D eigenvalue weighted by Crippen LogP contribution is 1.98. The van der Waals surface area contributed by atoms with E-state index in [1.54, 1.807) is 0 Å². The molecule has 9 heavy (non-hydrogen) atoms. The van der Waals surface area contributed by atoms with Gasteiger partial charge in [0.25, 0.3) is 0 Å². The summed E-state index contributed by atoms with van der Waals surface area (Å²) in [6, 6.07) is 0. The summed E-state index contributed by atoms with van der Waals surface area (Å²) in [6.07, 6.45) is -1.92. The molecule has 1 saturated heterocycles. The Balaban J connectivity index is 2.19. The van der Waals surface area contributed by atoms with Gasteiger partial charge in [-0.3, -0.25) is 5.32 Å². The summed E-state index contributed by atoms with van der Waals surface area (Å²) in [5.41, 5.74) is 0. The van der Waals surface area contributed by atoms with Gasteiger partial charge < -0.3 is 14.6 Å². The van der Waals surface area contributed by atoms with Crippen LogP contribution >= 0.6 is 0 Å². The SMILES string of the molecule is O=C(O)OC1CNCO1. The van der Waals surface area contributed by atoms with Crippen LogP contribution in [0, 0.1) is 0 Å². The van der Waals surface area contributed by atoms with E-state index in [-0.39, 0.29) is 0 Å². The molecule has 0 aromatic carbocycles. The van der Waals surface area contributed by atoms with Gasteiger partial charge in [-0.15, -0.1) is 0 Å². The predicted octanol–water partition coefficient (Wildman–Crippen LogP) is -0.416. The zero-order chi connectivity index (χ0) is 6.69. The molecular formula is C4H7NO4. The third-order valence-corrected chi connectivity index (χ3v) is 0.915. The molecule has 0 bridgehead atoms. The first-order valence-corrected chi connectivity index (χ1v) is 2.51. The fraction of sp³-hybridized carbons (Fsp3) is 0.750. The third-order valence-electron chi connectivity index (χ3n) is 0.915. The van der Waals surface area contributed by atoms with Gasteiger partial charge in [-0.05, 0) is 0 Å². The molecule has 0 aromatic rings. The van der Waals surface area contributed by atoms with Crippen LogP contribution in [-0.2, 0) is 9.47 Å². The molecule has 1 aliphatic rings. The van der Waals surface area contributed by atoms with Crippen LogP contribution in [0.15, 0.2) is 0 Å². The molecular weight excluding hydrogens is 126 g/mol. The molecule has 1 rings (SSSR count). The maximum atomic E-state index is 9.83. The molecule has 1 heterocycles. The minimum absolute atomic E-state index is 0.359. The summed E-state index contributed by atoms with van der Waals surface area (Å²) in [7, 11) is 0. The van der Waals surface area contributed by atoms with Crippen LogP contribution in [0.4, 0.5) is 4.79 Å². The van der Waals surface area contributed by atoms with E-state index < -0.39 is 12.4 Å². The average Bonchev–Trinajstić information content (AvgIpc) is 2.15.